The fourth-order valence-electron chi connectivity index (χ4n) is 3.30. The normalized spacial score (nSPS) is 20.4. The van der Waals surface area contributed by atoms with Crippen molar-refractivity contribution >= 4 is 0 Å². The first-order chi connectivity index (χ1) is 9.99. The molecule has 1 unspecified atom stereocenters. The van der Waals surface area contributed by atoms with Crippen LogP contribution in [0.25, 0.3) is 0 Å². The molecule has 2 aromatic rings. The zero-order chi connectivity index (χ0) is 15.2. The van der Waals surface area contributed by atoms with Crippen LogP contribution in [-0.4, -0.2) is 12.2 Å². The Kier molecular flexibility index (Phi) is 3.25. The Hall–Kier alpha value is -1.87. The van der Waals surface area contributed by atoms with E-state index in [-0.39, 0.29) is 5.82 Å². The van der Waals surface area contributed by atoms with Gasteiger partial charge in [0.1, 0.15) is 17.2 Å². The summed E-state index contributed by atoms with van der Waals surface area (Å²) >= 11 is 0. The molecule has 0 spiro atoms. The number of hydrogen-bond donors (Lipinski definition) is 1. The summed E-state index contributed by atoms with van der Waals surface area (Å²) in [7, 11) is 1.61. The van der Waals surface area contributed by atoms with Gasteiger partial charge in [-0.2, -0.15) is 0 Å². The van der Waals surface area contributed by atoms with Crippen LogP contribution in [0.5, 0.6) is 5.75 Å². The van der Waals surface area contributed by atoms with Gasteiger partial charge in [0, 0.05) is 5.56 Å². The Morgan fingerprint density at radius 1 is 1.14 bits per heavy atom. The lowest BCUT2D eigenvalue weighted by molar-refractivity contribution is 0.0798. The maximum atomic E-state index is 13.9. The summed E-state index contributed by atoms with van der Waals surface area (Å²) in [5, 5.41) is 11.2. The Balaban J connectivity index is 2.24. The topological polar surface area (TPSA) is 29.5 Å². The lowest BCUT2D eigenvalue weighted by atomic mass is 9.85. The third-order valence-electron chi connectivity index (χ3n) is 4.63. The van der Waals surface area contributed by atoms with Gasteiger partial charge in [-0.25, -0.2) is 4.39 Å². The van der Waals surface area contributed by atoms with E-state index in [1.165, 1.54) is 6.07 Å². The van der Waals surface area contributed by atoms with Crippen LogP contribution in [0.4, 0.5) is 4.39 Å². The summed E-state index contributed by atoms with van der Waals surface area (Å²) in [5.74, 6) is 0.445. The van der Waals surface area contributed by atoms with E-state index in [0.29, 0.717) is 29.7 Å². The number of fused-ring (bicyclic) bond motifs is 1. The van der Waals surface area contributed by atoms with E-state index in [0.717, 1.165) is 16.7 Å². The van der Waals surface area contributed by atoms with Crippen LogP contribution in [0, 0.1) is 19.7 Å². The highest BCUT2D eigenvalue weighted by molar-refractivity contribution is 5.54. The molecule has 1 N–H and O–H groups in total. The smallest absolute Gasteiger partial charge is 0.128 e. The predicted octanol–water partition coefficient (Wildman–Crippen LogP) is 3.63. The van der Waals surface area contributed by atoms with Gasteiger partial charge in [-0.05, 0) is 55.0 Å². The van der Waals surface area contributed by atoms with Gasteiger partial charge in [0.25, 0.3) is 0 Å². The molecule has 0 radical (unpaired) electrons. The highest BCUT2D eigenvalue weighted by Crippen LogP contribution is 2.46. The molecule has 0 saturated heterocycles. The van der Waals surface area contributed by atoms with Crippen LogP contribution in [0.1, 0.15) is 34.2 Å². The number of halogens is 1. The number of methoxy groups -OCH3 is 1. The van der Waals surface area contributed by atoms with Crippen LogP contribution in [0.2, 0.25) is 0 Å². The molecule has 3 rings (SSSR count). The second kappa shape index (κ2) is 4.85. The van der Waals surface area contributed by atoms with E-state index in [9.17, 15) is 9.50 Å². The molecule has 0 fully saturated rings. The first kappa shape index (κ1) is 14.1. The van der Waals surface area contributed by atoms with E-state index in [2.05, 4.69) is 0 Å². The SMILES string of the molecule is COc1c(C2(O)CCc3c(F)cccc32)ccc(C)c1C. The number of benzene rings is 2. The molecule has 1 aliphatic carbocycles. The minimum Gasteiger partial charge on any atom is -0.496 e. The van der Waals surface area contributed by atoms with Crippen molar-refractivity contribution in [1.29, 1.82) is 0 Å². The fourth-order valence-corrected chi connectivity index (χ4v) is 3.30. The predicted molar refractivity (Wildman–Crippen MR) is 80.2 cm³/mol. The fraction of sp³-hybridized carbons (Fsp3) is 0.333. The van der Waals surface area contributed by atoms with Crippen molar-refractivity contribution in [3.05, 3.63) is 64.0 Å². The monoisotopic (exact) mass is 286 g/mol. The summed E-state index contributed by atoms with van der Waals surface area (Å²) in [6.45, 7) is 3.98. The molecule has 0 aliphatic heterocycles. The van der Waals surface area contributed by atoms with Crippen molar-refractivity contribution in [1.82, 2.24) is 0 Å². The van der Waals surface area contributed by atoms with E-state index in [1.807, 2.05) is 26.0 Å². The Labute approximate surface area is 124 Å². The zero-order valence-electron chi connectivity index (χ0n) is 12.5. The Morgan fingerprint density at radius 3 is 2.62 bits per heavy atom. The number of aliphatic hydroxyl groups is 1. The van der Waals surface area contributed by atoms with Crippen molar-refractivity contribution in [2.24, 2.45) is 0 Å². The number of aryl methyl sites for hydroxylation is 1. The Bertz CT molecular complexity index is 709. The van der Waals surface area contributed by atoms with Crippen LogP contribution >= 0.6 is 0 Å². The van der Waals surface area contributed by atoms with Gasteiger partial charge < -0.3 is 9.84 Å². The third-order valence-corrected chi connectivity index (χ3v) is 4.63. The Morgan fingerprint density at radius 2 is 1.90 bits per heavy atom. The molecule has 110 valence electrons. The molecule has 0 heterocycles. The van der Waals surface area contributed by atoms with Crippen LogP contribution < -0.4 is 4.74 Å². The molecule has 3 heteroatoms. The van der Waals surface area contributed by atoms with Gasteiger partial charge in [-0.15, -0.1) is 0 Å². The van der Waals surface area contributed by atoms with Gasteiger partial charge in [0.05, 0.1) is 7.11 Å². The molecule has 0 aromatic heterocycles. The van der Waals surface area contributed by atoms with E-state index in [1.54, 1.807) is 19.2 Å². The molecular formula is C18H19FO2. The standard InChI is InChI=1S/C18H19FO2/c1-11-7-8-15(17(21-3)12(11)2)18(20)10-9-13-14(18)5-4-6-16(13)19/h4-8,20H,9-10H2,1-3H3. The summed E-state index contributed by atoms with van der Waals surface area (Å²) in [4.78, 5) is 0. The summed E-state index contributed by atoms with van der Waals surface area (Å²) < 4.78 is 19.5. The maximum Gasteiger partial charge on any atom is 0.128 e. The number of ether oxygens (including phenoxy) is 1. The van der Waals surface area contributed by atoms with Crippen molar-refractivity contribution in [2.75, 3.05) is 7.11 Å². The van der Waals surface area contributed by atoms with E-state index in [4.69, 9.17) is 4.74 Å². The molecular weight excluding hydrogens is 267 g/mol. The molecule has 1 atom stereocenters. The first-order valence-corrected chi connectivity index (χ1v) is 7.14. The second-order valence-corrected chi connectivity index (χ2v) is 5.71. The van der Waals surface area contributed by atoms with Crippen LogP contribution in [-0.2, 0) is 12.0 Å². The van der Waals surface area contributed by atoms with Crippen molar-refractivity contribution in [3.8, 4) is 5.75 Å². The average molecular weight is 286 g/mol. The van der Waals surface area contributed by atoms with Gasteiger partial charge >= 0.3 is 0 Å². The first-order valence-electron chi connectivity index (χ1n) is 7.14. The van der Waals surface area contributed by atoms with Crippen LogP contribution in [0.3, 0.4) is 0 Å². The van der Waals surface area contributed by atoms with Crippen molar-refractivity contribution in [2.45, 2.75) is 32.3 Å². The molecule has 2 aromatic carbocycles. The molecule has 2 nitrogen and oxygen atoms in total. The number of hydrogen-bond acceptors (Lipinski definition) is 2. The minimum absolute atomic E-state index is 0.244. The third kappa shape index (κ3) is 1.95. The second-order valence-electron chi connectivity index (χ2n) is 5.71. The van der Waals surface area contributed by atoms with Gasteiger partial charge in [0.2, 0.25) is 0 Å². The van der Waals surface area contributed by atoms with Crippen molar-refractivity contribution in [3.63, 3.8) is 0 Å². The largest absolute Gasteiger partial charge is 0.496 e. The lowest BCUT2D eigenvalue weighted by Gasteiger charge is -2.28. The quantitative estimate of drug-likeness (QED) is 0.913. The molecule has 1 aliphatic rings. The van der Waals surface area contributed by atoms with Crippen molar-refractivity contribution < 1.29 is 14.2 Å². The summed E-state index contributed by atoms with van der Waals surface area (Å²) in [6, 6.07) is 8.77. The average Bonchev–Trinajstić information content (AvgIpc) is 2.82. The van der Waals surface area contributed by atoms with Gasteiger partial charge in [0.15, 0.2) is 0 Å². The molecule has 0 bridgehead atoms. The van der Waals surface area contributed by atoms with E-state index < -0.39 is 5.60 Å². The summed E-state index contributed by atoms with van der Waals surface area (Å²) in [6.07, 6.45) is 1.01. The minimum atomic E-state index is -1.18. The van der Waals surface area contributed by atoms with E-state index >= 15 is 0 Å². The zero-order valence-corrected chi connectivity index (χ0v) is 12.5. The summed E-state index contributed by atoms with van der Waals surface area (Å²) in [5.41, 5.74) is 2.92. The molecule has 0 saturated carbocycles. The molecule has 21 heavy (non-hydrogen) atoms. The lowest BCUT2D eigenvalue weighted by Crippen LogP contribution is -2.25. The van der Waals surface area contributed by atoms with Gasteiger partial charge in [-0.1, -0.05) is 24.3 Å². The number of rotatable bonds is 2. The highest BCUT2D eigenvalue weighted by Gasteiger charge is 2.41. The van der Waals surface area contributed by atoms with Gasteiger partial charge in [-0.3, -0.25) is 0 Å². The molecule has 0 amide bonds. The maximum absolute atomic E-state index is 13.9. The van der Waals surface area contributed by atoms with Crippen LogP contribution in [0.15, 0.2) is 30.3 Å². The highest BCUT2D eigenvalue weighted by atomic mass is 19.1.